The zero-order chi connectivity index (χ0) is 19.3. The fourth-order valence-electron chi connectivity index (χ4n) is 1.97. The van der Waals surface area contributed by atoms with Crippen molar-refractivity contribution in [3.05, 3.63) is 29.8 Å². The molecule has 0 unspecified atom stereocenters. The van der Waals surface area contributed by atoms with Crippen molar-refractivity contribution in [3.63, 3.8) is 0 Å². The number of ether oxygens (including phenoxy) is 2. The molecule has 0 bridgehead atoms. The van der Waals surface area contributed by atoms with Gasteiger partial charge in [0.15, 0.2) is 0 Å². The number of halogens is 3. The Balaban J connectivity index is 2.88. The number of hydrogen-bond donors (Lipinski definition) is 1. The maximum absolute atomic E-state index is 12.3. The number of carbonyl (C=O) groups excluding carboxylic acids is 2. The van der Waals surface area contributed by atoms with Crippen LogP contribution in [0, 0.1) is 5.41 Å². The number of methoxy groups -OCH3 is 1. The Morgan fingerprint density at radius 3 is 2.36 bits per heavy atom. The minimum Gasteiger partial charge on any atom is -0.406 e. The minimum absolute atomic E-state index is 0.0327. The molecule has 140 valence electrons. The molecule has 0 radical (unpaired) electrons. The van der Waals surface area contributed by atoms with Crippen LogP contribution in [0.1, 0.15) is 38.8 Å². The summed E-state index contributed by atoms with van der Waals surface area (Å²) in [6.07, 6.45) is -5.12. The van der Waals surface area contributed by atoms with Gasteiger partial charge in [-0.2, -0.15) is 0 Å². The van der Waals surface area contributed by atoms with Crippen LogP contribution in [-0.4, -0.2) is 31.8 Å². The van der Waals surface area contributed by atoms with Gasteiger partial charge < -0.3 is 14.8 Å². The number of carbonyl (C=O) groups is 2. The molecule has 1 atom stereocenters. The number of Topliss-reactive ketones (excluding diaryl/α,β-unsaturated/α-hetero) is 1. The van der Waals surface area contributed by atoms with E-state index >= 15 is 0 Å². The third-order valence-electron chi connectivity index (χ3n) is 3.32. The first kappa shape index (κ1) is 21.0. The number of hydrogen-bond acceptors (Lipinski definition) is 4. The molecular formula is C17H22F3NO4. The van der Waals surface area contributed by atoms with Crippen molar-refractivity contribution in [1.29, 1.82) is 0 Å². The highest BCUT2D eigenvalue weighted by Crippen LogP contribution is 2.26. The predicted molar refractivity (Wildman–Crippen MR) is 85.0 cm³/mol. The van der Waals surface area contributed by atoms with E-state index in [1.54, 1.807) is 26.8 Å². The van der Waals surface area contributed by atoms with E-state index in [2.05, 4.69) is 10.1 Å². The van der Waals surface area contributed by atoms with E-state index in [4.69, 9.17) is 4.74 Å². The van der Waals surface area contributed by atoms with Gasteiger partial charge in [-0.1, -0.05) is 32.9 Å². The molecule has 0 saturated heterocycles. The maximum atomic E-state index is 12.3. The summed E-state index contributed by atoms with van der Waals surface area (Å²) in [6, 6.07) is 4.54. The molecule has 0 heterocycles. The van der Waals surface area contributed by atoms with Gasteiger partial charge >= 0.3 is 6.36 Å². The van der Waals surface area contributed by atoms with Crippen molar-refractivity contribution in [2.75, 3.05) is 13.7 Å². The quantitative estimate of drug-likeness (QED) is 0.756. The Morgan fingerprint density at radius 2 is 1.84 bits per heavy atom. The molecule has 0 spiro atoms. The Labute approximate surface area is 144 Å². The Kier molecular flexibility index (Phi) is 6.98. The molecule has 0 aliphatic rings. The van der Waals surface area contributed by atoms with Crippen molar-refractivity contribution < 1.29 is 32.2 Å². The summed E-state index contributed by atoms with van der Waals surface area (Å²) in [7, 11) is 1.40. The molecule has 1 aromatic carbocycles. The van der Waals surface area contributed by atoms with Crippen LogP contribution in [0.5, 0.6) is 5.75 Å². The zero-order valence-electron chi connectivity index (χ0n) is 14.6. The fraction of sp³-hybridized carbons (Fsp3) is 0.529. The van der Waals surface area contributed by atoms with E-state index < -0.39 is 29.5 Å². The Morgan fingerprint density at radius 1 is 1.20 bits per heavy atom. The number of rotatable bonds is 7. The van der Waals surface area contributed by atoms with Gasteiger partial charge in [-0.15, -0.1) is 13.2 Å². The van der Waals surface area contributed by atoms with E-state index in [0.29, 0.717) is 5.56 Å². The van der Waals surface area contributed by atoms with E-state index in [-0.39, 0.29) is 18.8 Å². The van der Waals surface area contributed by atoms with Crippen molar-refractivity contribution >= 4 is 11.7 Å². The Hall–Kier alpha value is -2.09. The van der Waals surface area contributed by atoms with E-state index in [0.717, 1.165) is 6.07 Å². The summed E-state index contributed by atoms with van der Waals surface area (Å²) in [5, 5.41) is 2.61. The Bertz CT molecular complexity index is 609. The van der Waals surface area contributed by atoms with Crippen LogP contribution in [0.2, 0.25) is 0 Å². The highest BCUT2D eigenvalue weighted by molar-refractivity contribution is 6.00. The molecule has 1 N–H and O–H groups in total. The van der Waals surface area contributed by atoms with Crippen LogP contribution in [0.25, 0.3) is 0 Å². The lowest BCUT2D eigenvalue weighted by Gasteiger charge is -2.21. The first-order chi connectivity index (χ1) is 11.4. The average molecular weight is 361 g/mol. The number of benzene rings is 1. The van der Waals surface area contributed by atoms with Crippen LogP contribution in [-0.2, 0) is 14.3 Å². The van der Waals surface area contributed by atoms with Crippen LogP contribution >= 0.6 is 0 Å². The molecule has 0 saturated carbocycles. The number of ketones is 1. The van der Waals surface area contributed by atoms with Crippen LogP contribution in [0.4, 0.5) is 13.2 Å². The summed E-state index contributed by atoms with van der Waals surface area (Å²) in [4.78, 5) is 24.0. The van der Waals surface area contributed by atoms with E-state index in [1.165, 1.54) is 19.2 Å². The lowest BCUT2D eigenvalue weighted by molar-refractivity contribution is -0.274. The van der Waals surface area contributed by atoms with Crippen molar-refractivity contribution in [3.8, 4) is 5.75 Å². The molecule has 0 aliphatic heterocycles. The fourth-order valence-corrected chi connectivity index (χ4v) is 1.97. The number of nitrogens with one attached hydrogen (secondary N) is 1. The molecule has 0 fully saturated rings. The standard InChI is InChI=1S/C17H22F3NO4/c1-16(2,3)14(22)9-15(23)21-13(10-24-4)11-6-5-7-12(8-11)25-17(18,19)20/h5-8,13H,9-10H2,1-4H3,(H,21,23)/t13-/m0/s1. The lowest BCUT2D eigenvalue weighted by atomic mass is 9.89. The molecule has 1 amide bonds. The molecule has 8 heteroatoms. The summed E-state index contributed by atoms with van der Waals surface area (Å²) < 4.78 is 45.9. The molecule has 5 nitrogen and oxygen atoms in total. The lowest BCUT2D eigenvalue weighted by Crippen LogP contribution is -2.35. The summed E-state index contributed by atoms with van der Waals surface area (Å²) >= 11 is 0. The maximum Gasteiger partial charge on any atom is 0.573 e. The third kappa shape index (κ3) is 7.55. The van der Waals surface area contributed by atoms with Crippen LogP contribution in [0.15, 0.2) is 24.3 Å². The summed E-state index contributed by atoms with van der Waals surface area (Å²) in [6.45, 7) is 5.14. The number of amides is 1. The summed E-state index contributed by atoms with van der Waals surface area (Å²) in [5.41, 5.74) is -0.283. The minimum atomic E-state index is -4.81. The molecule has 0 aliphatic carbocycles. The smallest absolute Gasteiger partial charge is 0.406 e. The first-order valence-electron chi connectivity index (χ1n) is 7.59. The van der Waals surface area contributed by atoms with Gasteiger partial charge in [0.25, 0.3) is 0 Å². The highest BCUT2D eigenvalue weighted by atomic mass is 19.4. The predicted octanol–water partition coefficient (Wildman–Crippen LogP) is 3.39. The van der Waals surface area contributed by atoms with Gasteiger partial charge in [-0.05, 0) is 17.7 Å². The van der Waals surface area contributed by atoms with E-state index in [9.17, 15) is 22.8 Å². The second kappa shape index (κ2) is 8.33. The number of alkyl halides is 3. The molecular weight excluding hydrogens is 339 g/mol. The second-order valence-corrected chi connectivity index (χ2v) is 6.55. The van der Waals surface area contributed by atoms with Gasteiger partial charge in [0.2, 0.25) is 5.91 Å². The van der Waals surface area contributed by atoms with Crippen molar-refractivity contribution in [2.24, 2.45) is 5.41 Å². The van der Waals surface area contributed by atoms with Gasteiger partial charge in [0.05, 0.1) is 19.1 Å². The largest absolute Gasteiger partial charge is 0.573 e. The van der Waals surface area contributed by atoms with Crippen LogP contribution in [0.3, 0.4) is 0 Å². The molecule has 1 rings (SSSR count). The molecule has 0 aromatic heterocycles. The monoisotopic (exact) mass is 361 g/mol. The molecule has 25 heavy (non-hydrogen) atoms. The average Bonchev–Trinajstić information content (AvgIpc) is 2.44. The van der Waals surface area contributed by atoms with Gasteiger partial charge in [-0.3, -0.25) is 9.59 Å². The SMILES string of the molecule is COC[C@H](NC(=O)CC(=O)C(C)(C)C)c1cccc(OC(F)(F)F)c1. The van der Waals surface area contributed by atoms with Gasteiger partial charge in [-0.25, -0.2) is 0 Å². The van der Waals surface area contributed by atoms with Crippen LogP contribution < -0.4 is 10.1 Å². The van der Waals surface area contributed by atoms with Crippen molar-refractivity contribution in [1.82, 2.24) is 5.32 Å². The molecule has 1 aromatic rings. The normalized spacial score (nSPS) is 13.2. The zero-order valence-corrected chi connectivity index (χ0v) is 14.6. The topological polar surface area (TPSA) is 64.6 Å². The highest BCUT2D eigenvalue weighted by Gasteiger charge is 2.31. The van der Waals surface area contributed by atoms with Gasteiger partial charge in [0, 0.05) is 12.5 Å². The summed E-state index contributed by atoms with van der Waals surface area (Å²) in [5.74, 6) is -1.16. The van der Waals surface area contributed by atoms with E-state index in [1.807, 2.05) is 0 Å². The van der Waals surface area contributed by atoms with Gasteiger partial charge in [0.1, 0.15) is 11.5 Å². The van der Waals surface area contributed by atoms with Crippen molar-refractivity contribution in [2.45, 2.75) is 39.6 Å². The second-order valence-electron chi connectivity index (χ2n) is 6.55. The third-order valence-corrected chi connectivity index (χ3v) is 3.32. The first-order valence-corrected chi connectivity index (χ1v) is 7.59.